The summed E-state index contributed by atoms with van der Waals surface area (Å²) in [6.07, 6.45) is -0.868. The molecule has 8 nitrogen and oxygen atoms in total. The molecule has 1 aliphatic rings. The van der Waals surface area contributed by atoms with E-state index in [4.69, 9.17) is 15.3 Å². The summed E-state index contributed by atoms with van der Waals surface area (Å²) in [5, 5.41) is 36.0. The summed E-state index contributed by atoms with van der Waals surface area (Å²) in [5.41, 5.74) is 0. The molecule has 18 heavy (non-hydrogen) atoms. The zero-order valence-corrected chi connectivity index (χ0v) is 9.90. The van der Waals surface area contributed by atoms with Crippen LogP contribution >= 0.6 is 0 Å². The van der Waals surface area contributed by atoms with Crippen LogP contribution in [0.4, 0.5) is 4.79 Å². The number of carbonyl (C=O) groups is 2. The van der Waals surface area contributed by atoms with Gasteiger partial charge in [0.05, 0.1) is 19.3 Å². The van der Waals surface area contributed by atoms with Crippen molar-refractivity contribution in [2.24, 2.45) is 0 Å². The van der Waals surface area contributed by atoms with Gasteiger partial charge in [-0.1, -0.05) is 0 Å². The maximum absolute atomic E-state index is 12.0. The minimum Gasteiger partial charge on any atom is -0.480 e. The Kier molecular flexibility index (Phi) is 5.32. The maximum Gasteiger partial charge on any atom is 0.326 e. The van der Waals surface area contributed by atoms with Crippen molar-refractivity contribution >= 4 is 12.0 Å². The highest BCUT2D eigenvalue weighted by atomic mass is 16.4. The number of nitrogens with zero attached hydrogens (tertiary/aromatic N) is 2. The number of hydrogen-bond acceptors (Lipinski definition) is 5. The Balaban J connectivity index is 2.76. The summed E-state index contributed by atoms with van der Waals surface area (Å²) in [7, 11) is 0. The molecule has 0 aromatic heterocycles. The minimum atomic E-state index is -1.17. The van der Waals surface area contributed by atoms with E-state index < -0.39 is 24.1 Å². The summed E-state index contributed by atoms with van der Waals surface area (Å²) in [5.74, 6) is -1.17. The molecule has 8 heteroatoms. The molecule has 1 heterocycles. The predicted molar refractivity (Wildman–Crippen MR) is 59.9 cm³/mol. The van der Waals surface area contributed by atoms with Gasteiger partial charge >= 0.3 is 12.0 Å². The highest BCUT2D eigenvalue weighted by Gasteiger charge is 2.40. The first kappa shape index (κ1) is 14.7. The van der Waals surface area contributed by atoms with E-state index in [1.807, 2.05) is 0 Å². The quantitative estimate of drug-likeness (QED) is 0.451. The number of aliphatic carboxylic acids is 1. The molecule has 0 unspecified atom stereocenters. The summed E-state index contributed by atoms with van der Waals surface area (Å²) in [6, 6.07) is -1.66. The van der Waals surface area contributed by atoms with Crippen LogP contribution in [0, 0.1) is 0 Å². The second kappa shape index (κ2) is 6.53. The molecular weight excluding hydrogens is 244 g/mol. The number of rotatable bonds is 5. The Bertz CT molecular complexity index is 305. The number of carboxylic acid groups (broad SMARTS) is 1. The molecule has 0 aromatic carbocycles. The van der Waals surface area contributed by atoms with Gasteiger partial charge in [0, 0.05) is 26.1 Å². The third kappa shape index (κ3) is 3.31. The van der Waals surface area contributed by atoms with Gasteiger partial charge in [0.1, 0.15) is 6.04 Å². The number of aliphatic hydroxyl groups is 3. The summed E-state index contributed by atoms with van der Waals surface area (Å²) >= 11 is 0. The van der Waals surface area contributed by atoms with Crippen molar-refractivity contribution in [1.82, 2.24) is 9.80 Å². The number of likely N-dealkylation sites (tertiary alicyclic amines) is 1. The molecular formula is C10H18N2O6. The molecule has 0 aromatic rings. The van der Waals surface area contributed by atoms with Crippen LogP contribution in [0.15, 0.2) is 0 Å². The normalized spacial score (nSPS) is 23.2. The van der Waals surface area contributed by atoms with E-state index in [0.29, 0.717) is 0 Å². The molecule has 0 radical (unpaired) electrons. The van der Waals surface area contributed by atoms with Crippen LogP contribution in [0.5, 0.6) is 0 Å². The van der Waals surface area contributed by atoms with Gasteiger partial charge in [-0.2, -0.15) is 0 Å². The molecule has 1 fully saturated rings. The first-order valence-corrected chi connectivity index (χ1v) is 5.69. The fraction of sp³-hybridized carbons (Fsp3) is 0.800. The number of carbonyl (C=O) groups excluding carboxylic acids is 1. The zero-order chi connectivity index (χ0) is 13.7. The van der Waals surface area contributed by atoms with Crippen LogP contribution in [0.2, 0.25) is 0 Å². The van der Waals surface area contributed by atoms with Crippen LogP contribution < -0.4 is 0 Å². The standard InChI is InChI=1S/C10H18N2O6/c13-3-1-11(2-4-14)10(18)12-6-7(15)5-8(12)9(16)17/h7-8,13-15H,1-6H2,(H,16,17)/t7-,8+/m1/s1. The molecule has 0 spiro atoms. The van der Waals surface area contributed by atoms with Crippen molar-refractivity contribution < 1.29 is 30.0 Å². The topological polar surface area (TPSA) is 122 Å². The Morgan fingerprint density at radius 2 is 1.78 bits per heavy atom. The van der Waals surface area contributed by atoms with E-state index in [0.717, 1.165) is 9.80 Å². The molecule has 1 saturated heterocycles. The third-order valence-corrected chi connectivity index (χ3v) is 2.82. The fourth-order valence-electron chi connectivity index (χ4n) is 1.99. The number of urea groups is 1. The zero-order valence-electron chi connectivity index (χ0n) is 9.90. The molecule has 2 atom stereocenters. The van der Waals surface area contributed by atoms with E-state index in [2.05, 4.69) is 0 Å². The summed E-state index contributed by atoms with van der Waals surface area (Å²) in [4.78, 5) is 25.2. The van der Waals surface area contributed by atoms with Crippen molar-refractivity contribution in [2.75, 3.05) is 32.8 Å². The number of carboxylic acids is 1. The van der Waals surface area contributed by atoms with Crippen molar-refractivity contribution in [3.8, 4) is 0 Å². The largest absolute Gasteiger partial charge is 0.480 e. The van der Waals surface area contributed by atoms with Crippen molar-refractivity contribution in [2.45, 2.75) is 18.6 Å². The van der Waals surface area contributed by atoms with Gasteiger partial charge in [0.15, 0.2) is 0 Å². The molecule has 1 rings (SSSR count). The van der Waals surface area contributed by atoms with Gasteiger partial charge < -0.3 is 30.2 Å². The average molecular weight is 262 g/mol. The van der Waals surface area contributed by atoms with Crippen LogP contribution in [-0.4, -0.2) is 87.2 Å². The average Bonchev–Trinajstić information content (AvgIpc) is 2.70. The van der Waals surface area contributed by atoms with E-state index in [-0.39, 0.29) is 39.3 Å². The molecule has 4 N–H and O–H groups in total. The highest BCUT2D eigenvalue weighted by Crippen LogP contribution is 2.19. The highest BCUT2D eigenvalue weighted by molar-refractivity contribution is 5.83. The fourth-order valence-corrected chi connectivity index (χ4v) is 1.99. The molecule has 0 saturated carbocycles. The first-order valence-electron chi connectivity index (χ1n) is 5.69. The molecule has 1 aliphatic heterocycles. The first-order chi connectivity index (χ1) is 8.51. The maximum atomic E-state index is 12.0. The van der Waals surface area contributed by atoms with E-state index in [1.54, 1.807) is 0 Å². The summed E-state index contributed by atoms with van der Waals surface area (Å²) in [6.45, 7) is -0.584. The second-order valence-corrected chi connectivity index (χ2v) is 4.11. The number of amides is 2. The van der Waals surface area contributed by atoms with Crippen LogP contribution in [-0.2, 0) is 4.79 Å². The molecule has 2 amide bonds. The monoisotopic (exact) mass is 262 g/mol. The van der Waals surface area contributed by atoms with Gasteiger partial charge in [0.2, 0.25) is 0 Å². The van der Waals surface area contributed by atoms with E-state index in [9.17, 15) is 14.7 Å². The second-order valence-electron chi connectivity index (χ2n) is 4.11. The van der Waals surface area contributed by atoms with Gasteiger partial charge in [0.25, 0.3) is 0 Å². The lowest BCUT2D eigenvalue weighted by Crippen LogP contribution is -2.49. The number of hydrogen-bond donors (Lipinski definition) is 4. The SMILES string of the molecule is O=C(O)[C@@H]1C[C@@H](O)CN1C(=O)N(CCO)CCO. The Morgan fingerprint density at radius 1 is 1.22 bits per heavy atom. The number of aliphatic hydroxyl groups excluding tert-OH is 3. The molecule has 0 bridgehead atoms. The lowest BCUT2D eigenvalue weighted by atomic mass is 10.2. The molecule has 0 aliphatic carbocycles. The van der Waals surface area contributed by atoms with Crippen molar-refractivity contribution in [3.63, 3.8) is 0 Å². The Morgan fingerprint density at radius 3 is 2.22 bits per heavy atom. The minimum absolute atomic E-state index is 0.00678. The van der Waals surface area contributed by atoms with Gasteiger partial charge in [-0.3, -0.25) is 0 Å². The lowest BCUT2D eigenvalue weighted by molar-refractivity contribution is -0.141. The van der Waals surface area contributed by atoms with E-state index >= 15 is 0 Å². The van der Waals surface area contributed by atoms with Crippen LogP contribution in [0.25, 0.3) is 0 Å². The Labute approximate surface area is 104 Å². The van der Waals surface area contributed by atoms with Crippen LogP contribution in [0.1, 0.15) is 6.42 Å². The predicted octanol–water partition coefficient (Wildman–Crippen LogP) is -2.09. The van der Waals surface area contributed by atoms with E-state index in [1.165, 1.54) is 0 Å². The molecule has 104 valence electrons. The summed E-state index contributed by atoms with van der Waals surface area (Å²) < 4.78 is 0. The lowest BCUT2D eigenvalue weighted by Gasteiger charge is -2.29. The number of β-amino-alcohol motifs (C(OH)–C–C–N with tert-alkyl or cyclic N) is 1. The van der Waals surface area contributed by atoms with Crippen LogP contribution in [0.3, 0.4) is 0 Å². The smallest absolute Gasteiger partial charge is 0.326 e. The van der Waals surface area contributed by atoms with Gasteiger partial charge in [-0.15, -0.1) is 0 Å². The Hall–Kier alpha value is -1.38. The van der Waals surface area contributed by atoms with Crippen molar-refractivity contribution in [1.29, 1.82) is 0 Å². The third-order valence-electron chi connectivity index (χ3n) is 2.82. The van der Waals surface area contributed by atoms with Crippen molar-refractivity contribution in [3.05, 3.63) is 0 Å². The van der Waals surface area contributed by atoms with Gasteiger partial charge in [-0.05, 0) is 0 Å². The van der Waals surface area contributed by atoms with Gasteiger partial charge in [-0.25, -0.2) is 9.59 Å².